The van der Waals surface area contributed by atoms with Crippen molar-refractivity contribution in [3.63, 3.8) is 0 Å². The molecule has 0 radical (unpaired) electrons. The number of carbonyl (C=O) groups excluding carboxylic acids is 1. The first-order valence-corrected chi connectivity index (χ1v) is 6.91. The Kier molecular flexibility index (Phi) is 3.40. The summed E-state index contributed by atoms with van der Waals surface area (Å²) in [6.07, 6.45) is 0. The molecule has 0 fully saturated rings. The van der Waals surface area contributed by atoms with Gasteiger partial charge in [0.1, 0.15) is 4.83 Å². The fraction of sp³-hybridized carbons (Fsp3) is 0.538. The minimum absolute atomic E-state index is 0.0669. The summed E-state index contributed by atoms with van der Waals surface area (Å²) in [5, 5.41) is 15.1. The Hall–Kier alpha value is -1.40. The van der Waals surface area contributed by atoms with Gasteiger partial charge < -0.3 is 10.0 Å². The molecule has 0 aliphatic rings. The van der Waals surface area contributed by atoms with Gasteiger partial charge in [-0.05, 0) is 26.8 Å². The number of rotatable bonds is 3. The fourth-order valence-corrected chi connectivity index (χ4v) is 3.27. The molecule has 0 bridgehead atoms. The Morgan fingerprint density at radius 2 is 2.21 bits per heavy atom. The van der Waals surface area contributed by atoms with Crippen molar-refractivity contribution in [2.75, 3.05) is 13.6 Å². The van der Waals surface area contributed by atoms with Crippen molar-refractivity contribution in [2.45, 2.75) is 26.4 Å². The maximum Gasteiger partial charge on any atom is 0.263 e. The molecule has 2 aromatic rings. The number of nitrogens with zero attached hydrogens (tertiary/aromatic N) is 3. The first kappa shape index (κ1) is 14.0. The molecule has 0 aliphatic heterocycles. The van der Waals surface area contributed by atoms with Crippen LogP contribution in [0.2, 0.25) is 0 Å². The molecule has 2 aromatic heterocycles. The number of aryl methyl sites for hydroxylation is 2. The second-order valence-electron chi connectivity index (χ2n) is 5.51. The highest BCUT2D eigenvalue weighted by atomic mass is 32.1. The summed E-state index contributed by atoms with van der Waals surface area (Å²) in [6.45, 7) is 5.62. The molecule has 1 N–H and O–H groups in total. The summed E-state index contributed by atoms with van der Waals surface area (Å²) in [7, 11) is 3.58. The standard InChI is InChI=1S/C13H19N3O2S/c1-8-9-6-10(19-12(9)16(5)14-8)11(17)15(4)7-13(2,3)18/h6,18H,7H2,1-5H3. The minimum atomic E-state index is -0.890. The SMILES string of the molecule is Cc1nn(C)c2sc(C(=O)N(C)CC(C)(C)O)cc12. The third kappa shape index (κ3) is 2.79. The molecule has 2 rings (SSSR count). The van der Waals surface area contributed by atoms with Gasteiger partial charge in [-0.2, -0.15) is 5.10 Å². The fourth-order valence-electron chi connectivity index (χ4n) is 2.15. The topological polar surface area (TPSA) is 58.4 Å². The molecule has 0 spiro atoms. The lowest BCUT2D eigenvalue weighted by Gasteiger charge is -2.25. The van der Waals surface area contributed by atoms with Gasteiger partial charge in [0.05, 0.1) is 16.2 Å². The molecule has 19 heavy (non-hydrogen) atoms. The van der Waals surface area contributed by atoms with Crippen molar-refractivity contribution in [3.05, 3.63) is 16.6 Å². The van der Waals surface area contributed by atoms with Gasteiger partial charge in [0.25, 0.3) is 5.91 Å². The lowest BCUT2D eigenvalue weighted by atomic mass is 10.1. The minimum Gasteiger partial charge on any atom is -0.389 e. The second-order valence-corrected chi connectivity index (χ2v) is 6.54. The van der Waals surface area contributed by atoms with E-state index in [1.807, 2.05) is 20.0 Å². The molecular formula is C13H19N3O2S. The predicted molar refractivity (Wildman–Crippen MR) is 76.6 cm³/mol. The summed E-state index contributed by atoms with van der Waals surface area (Å²) in [6, 6.07) is 1.88. The maximum absolute atomic E-state index is 12.3. The Labute approximate surface area is 116 Å². The highest BCUT2D eigenvalue weighted by Gasteiger charge is 2.22. The average Bonchev–Trinajstić information content (AvgIpc) is 2.78. The molecule has 0 aromatic carbocycles. The van der Waals surface area contributed by atoms with Crippen LogP contribution in [-0.2, 0) is 7.05 Å². The van der Waals surface area contributed by atoms with E-state index in [1.54, 1.807) is 30.5 Å². The van der Waals surface area contributed by atoms with Crippen LogP contribution in [0.5, 0.6) is 0 Å². The highest BCUT2D eigenvalue weighted by Crippen LogP contribution is 2.28. The van der Waals surface area contributed by atoms with E-state index in [2.05, 4.69) is 5.10 Å². The van der Waals surface area contributed by atoms with Crippen LogP contribution in [-0.4, -0.2) is 44.9 Å². The second kappa shape index (κ2) is 4.61. The lowest BCUT2D eigenvalue weighted by molar-refractivity contribution is 0.0370. The molecule has 6 heteroatoms. The molecular weight excluding hydrogens is 262 g/mol. The molecule has 0 atom stereocenters. The largest absolute Gasteiger partial charge is 0.389 e. The van der Waals surface area contributed by atoms with E-state index in [-0.39, 0.29) is 5.91 Å². The van der Waals surface area contributed by atoms with Crippen molar-refractivity contribution in [1.29, 1.82) is 0 Å². The van der Waals surface area contributed by atoms with Crippen LogP contribution in [0.3, 0.4) is 0 Å². The summed E-state index contributed by atoms with van der Waals surface area (Å²) >= 11 is 1.43. The number of amides is 1. The zero-order valence-corrected chi connectivity index (χ0v) is 12.7. The normalized spacial score (nSPS) is 12.1. The zero-order valence-electron chi connectivity index (χ0n) is 11.9. The molecule has 0 aliphatic carbocycles. The number of hydrogen-bond donors (Lipinski definition) is 1. The summed E-state index contributed by atoms with van der Waals surface area (Å²) in [5.41, 5.74) is 0.0383. The van der Waals surface area contributed by atoms with Crippen molar-refractivity contribution in [3.8, 4) is 0 Å². The maximum atomic E-state index is 12.3. The molecule has 0 saturated heterocycles. The number of aromatic nitrogens is 2. The van der Waals surface area contributed by atoms with E-state index >= 15 is 0 Å². The van der Waals surface area contributed by atoms with E-state index in [0.29, 0.717) is 11.4 Å². The molecule has 1 amide bonds. The van der Waals surface area contributed by atoms with Gasteiger partial charge in [-0.3, -0.25) is 9.48 Å². The van der Waals surface area contributed by atoms with Gasteiger partial charge in [0.2, 0.25) is 0 Å². The third-order valence-corrected chi connectivity index (χ3v) is 4.07. The summed E-state index contributed by atoms with van der Waals surface area (Å²) in [4.78, 5) is 15.5. The van der Waals surface area contributed by atoms with Crippen molar-refractivity contribution < 1.29 is 9.90 Å². The van der Waals surface area contributed by atoms with E-state index < -0.39 is 5.60 Å². The van der Waals surface area contributed by atoms with E-state index in [1.165, 1.54) is 11.3 Å². The Morgan fingerprint density at radius 3 is 2.74 bits per heavy atom. The quantitative estimate of drug-likeness (QED) is 0.933. The Balaban J connectivity index is 2.29. The van der Waals surface area contributed by atoms with E-state index in [4.69, 9.17) is 0 Å². The molecule has 2 heterocycles. The van der Waals surface area contributed by atoms with Crippen LogP contribution in [0, 0.1) is 6.92 Å². The molecule has 0 unspecified atom stereocenters. The Morgan fingerprint density at radius 1 is 1.58 bits per heavy atom. The number of likely N-dealkylation sites (N-methyl/N-ethyl adjacent to an activating group) is 1. The molecule has 104 valence electrons. The van der Waals surface area contributed by atoms with E-state index in [9.17, 15) is 9.90 Å². The first-order chi connectivity index (χ1) is 8.69. The van der Waals surface area contributed by atoms with Gasteiger partial charge in [-0.1, -0.05) is 0 Å². The van der Waals surface area contributed by atoms with Crippen LogP contribution < -0.4 is 0 Å². The average molecular weight is 281 g/mol. The zero-order chi connectivity index (χ0) is 14.4. The molecule has 5 nitrogen and oxygen atoms in total. The highest BCUT2D eigenvalue weighted by molar-refractivity contribution is 7.20. The van der Waals surface area contributed by atoms with Crippen LogP contribution in [0.1, 0.15) is 29.2 Å². The van der Waals surface area contributed by atoms with Crippen LogP contribution in [0.4, 0.5) is 0 Å². The number of hydrogen-bond acceptors (Lipinski definition) is 4. The smallest absolute Gasteiger partial charge is 0.263 e. The van der Waals surface area contributed by atoms with Gasteiger partial charge in [0, 0.05) is 26.0 Å². The van der Waals surface area contributed by atoms with Crippen molar-refractivity contribution >= 4 is 27.5 Å². The van der Waals surface area contributed by atoms with Gasteiger partial charge >= 0.3 is 0 Å². The monoisotopic (exact) mass is 281 g/mol. The third-order valence-electron chi connectivity index (χ3n) is 2.88. The number of aliphatic hydroxyl groups is 1. The predicted octanol–water partition coefficient (Wildman–Crippen LogP) is 1.79. The van der Waals surface area contributed by atoms with Crippen molar-refractivity contribution in [1.82, 2.24) is 14.7 Å². The first-order valence-electron chi connectivity index (χ1n) is 6.10. The van der Waals surface area contributed by atoms with Gasteiger partial charge in [-0.15, -0.1) is 11.3 Å². The van der Waals surface area contributed by atoms with Gasteiger partial charge in [-0.25, -0.2) is 0 Å². The number of thiophene rings is 1. The molecule has 0 saturated carbocycles. The van der Waals surface area contributed by atoms with Crippen LogP contribution in [0.15, 0.2) is 6.07 Å². The van der Waals surface area contributed by atoms with E-state index in [0.717, 1.165) is 15.9 Å². The lowest BCUT2D eigenvalue weighted by Crippen LogP contribution is -2.39. The Bertz CT molecular complexity index is 587. The van der Waals surface area contributed by atoms with Crippen LogP contribution in [0.25, 0.3) is 10.2 Å². The number of carbonyl (C=O) groups is 1. The summed E-state index contributed by atoms with van der Waals surface area (Å²) < 4.78 is 1.79. The van der Waals surface area contributed by atoms with Crippen LogP contribution >= 0.6 is 11.3 Å². The van der Waals surface area contributed by atoms with Gasteiger partial charge in [0.15, 0.2) is 0 Å². The van der Waals surface area contributed by atoms with Crippen molar-refractivity contribution in [2.24, 2.45) is 7.05 Å². The number of fused-ring (bicyclic) bond motifs is 1. The summed E-state index contributed by atoms with van der Waals surface area (Å²) in [5.74, 6) is -0.0669.